The summed E-state index contributed by atoms with van der Waals surface area (Å²) in [5.74, 6) is 0. The average Bonchev–Trinajstić information content (AvgIpc) is 2.50. The number of hydrogen-bond donors (Lipinski definition) is 0. The Morgan fingerprint density at radius 2 is 1.29 bits per heavy atom. The van der Waals surface area contributed by atoms with Gasteiger partial charge in [-0.2, -0.15) is 0 Å². The van der Waals surface area contributed by atoms with Crippen molar-refractivity contribution in [2.45, 2.75) is 41.0 Å². The highest BCUT2D eigenvalue weighted by Gasteiger charge is 2.13. The second-order valence-corrected chi connectivity index (χ2v) is 6.91. The molecule has 24 heavy (non-hydrogen) atoms. The van der Waals surface area contributed by atoms with Crippen LogP contribution < -0.4 is 0 Å². The molecule has 3 rings (SSSR count). The van der Waals surface area contributed by atoms with Crippen molar-refractivity contribution in [1.29, 1.82) is 0 Å². The molecule has 0 fully saturated rings. The third kappa shape index (κ3) is 3.28. The van der Waals surface area contributed by atoms with Crippen molar-refractivity contribution in [3.63, 3.8) is 0 Å². The fourth-order valence-corrected chi connectivity index (χ4v) is 3.84. The van der Waals surface area contributed by atoms with Crippen LogP contribution in [0.3, 0.4) is 0 Å². The minimum Gasteiger partial charge on any atom is -0.0622 e. The van der Waals surface area contributed by atoms with E-state index in [4.69, 9.17) is 0 Å². The van der Waals surface area contributed by atoms with Crippen LogP contribution in [0.1, 0.15) is 38.9 Å². The first-order chi connectivity index (χ1) is 11.5. The Labute approximate surface area is 146 Å². The molecule has 121 valence electrons. The van der Waals surface area contributed by atoms with E-state index < -0.39 is 0 Å². The first kappa shape index (κ1) is 16.5. The lowest BCUT2D eigenvalue weighted by atomic mass is 9.87. The predicted octanol–water partition coefficient (Wildman–Crippen LogP) is 6.29. The molecule has 0 aliphatic rings. The zero-order valence-electron chi connectivity index (χ0n) is 15.3. The van der Waals surface area contributed by atoms with Gasteiger partial charge in [-0.1, -0.05) is 54.1 Å². The second-order valence-electron chi connectivity index (χ2n) is 6.91. The van der Waals surface area contributed by atoms with Crippen molar-refractivity contribution in [3.05, 3.63) is 93.5 Å². The molecule has 1 radical (unpaired) electrons. The highest BCUT2D eigenvalue weighted by Crippen LogP contribution is 2.34. The molecule has 0 heterocycles. The SMILES string of the molecule is Cc1cc(C)c(-c2c(C)[c]c(Cc3ccccc3)cc2C)c(C)c1. The van der Waals surface area contributed by atoms with Gasteiger partial charge in [0.05, 0.1) is 0 Å². The van der Waals surface area contributed by atoms with Gasteiger partial charge in [0.2, 0.25) is 0 Å². The van der Waals surface area contributed by atoms with Crippen LogP contribution in [0.25, 0.3) is 11.1 Å². The largest absolute Gasteiger partial charge is 0.0622 e. The third-order valence-electron chi connectivity index (χ3n) is 4.67. The van der Waals surface area contributed by atoms with Gasteiger partial charge in [0.1, 0.15) is 0 Å². The van der Waals surface area contributed by atoms with E-state index in [-0.39, 0.29) is 0 Å². The van der Waals surface area contributed by atoms with Crippen LogP contribution in [-0.4, -0.2) is 0 Å². The summed E-state index contributed by atoms with van der Waals surface area (Å²) < 4.78 is 0. The molecule has 0 heteroatoms. The van der Waals surface area contributed by atoms with Crippen LogP contribution in [0.5, 0.6) is 0 Å². The lowest BCUT2D eigenvalue weighted by Crippen LogP contribution is -1.98. The molecule has 0 aliphatic carbocycles. The van der Waals surface area contributed by atoms with Gasteiger partial charge in [0.15, 0.2) is 0 Å². The maximum atomic E-state index is 3.63. The Morgan fingerprint density at radius 3 is 1.88 bits per heavy atom. The molecule has 3 aromatic carbocycles. The van der Waals surface area contributed by atoms with Gasteiger partial charge >= 0.3 is 0 Å². The number of hydrogen-bond acceptors (Lipinski definition) is 0. The Morgan fingerprint density at radius 1 is 0.708 bits per heavy atom. The fourth-order valence-electron chi connectivity index (χ4n) is 3.84. The molecule has 0 aromatic heterocycles. The van der Waals surface area contributed by atoms with E-state index in [0.29, 0.717) is 0 Å². The molecule has 0 bridgehead atoms. The molecule has 0 nitrogen and oxygen atoms in total. The van der Waals surface area contributed by atoms with Gasteiger partial charge in [-0.25, -0.2) is 0 Å². The molecule has 0 saturated carbocycles. The lowest BCUT2D eigenvalue weighted by Gasteiger charge is -2.18. The van der Waals surface area contributed by atoms with E-state index in [1.165, 1.54) is 50.1 Å². The van der Waals surface area contributed by atoms with Gasteiger partial charge in [0, 0.05) is 0 Å². The highest BCUT2D eigenvalue weighted by molar-refractivity contribution is 5.77. The zero-order chi connectivity index (χ0) is 17.3. The molecule has 3 aromatic rings. The Hall–Kier alpha value is -2.34. The molecule has 0 spiro atoms. The van der Waals surface area contributed by atoms with Crippen LogP contribution in [0.15, 0.2) is 48.5 Å². The fraction of sp³-hybridized carbons (Fsp3) is 0.250. The van der Waals surface area contributed by atoms with Crippen LogP contribution in [0, 0.1) is 40.7 Å². The van der Waals surface area contributed by atoms with E-state index in [1.807, 2.05) is 0 Å². The summed E-state index contributed by atoms with van der Waals surface area (Å²) >= 11 is 0. The average molecular weight is 313 g/mol. The highest BCUT2D eigenvalue weighted by atomic mass is 14.2. The molecule has 0 unspecified atom stereocenters. The minimum absolute atomic E-state index is 0.939. The summed E-state index contributed by atoms with van der Waals surface area (Å²) in [5.41, 5.74) is 11.9. The van der Waals surface area contributed by atoms with Crippen molar-refractivity contribution in [3.8, 4) is 11.1 Å². The van der Waals surface area contributed by atoms with Gasteiger partial charge < -0.3 is 0 Å². The summed E-state index contributed by atoms with van der Waals surface area (Å²) in [4.78, 5) is 0. The van der Waals surface area contributed by atoms with E-state index in [2.05, 4.69) is 89.2 Å². The minimum atomic E-state index is 0.939. The van der Waals surface area contributed by atoms with Crippen LogP contribution in [-0.2, 0) is 6.42 Å². The normalized spacial score (nSPS) is 10.9. The quantitative estimate of drug-likeness (QED) is 0.533. The van der Waals surface area contributed by atoms with Crippen LogP contribution in [0.2, 0.25) is 0 Å². The summed E-state index contributed by atoms with van der Waals surface area (Å²) in [6.45, 7) is 11.0. The maximum absolute atomic E-state index is 3.63. The monoisotopic (exact) mass is 313 g/mol. The molecular weight excluding hydrogens is 288 g/mol. The van der Waals surface area contributed by atoms with Crippen LogP contribution >= 0.6 is 0 Å². The van der Waals surface area contributed by atoms with Crippen molar-refractivity contribution < 1.29 is 0 Å². The first-order valence-corrected chi connectivity index (χ1v) is 8.60. The lowest BCUT2D eigenvalue weighted by molar-refractivity contribution is 1.16. The van der Waals surface area contributed by atoms with Crippen molar-refractivity contribution in [1.82, 2.24) is 0 Å². The topological polar surface area (TPSA) is 0 Å². The number of aryl methyl sites for hydroxylation is 5. The smallest absolute Gasteiger partial charge is 0.00194 e. The zero-order valence-corrected chi connectivity index (χ0v) is 15.3. The molecule has 0 amide bonds. The number of rotatable bonds is 3. The van der Waals surface area contributed by atoms with Gasteiger partial charge in [-0.05, 0) is 91.6 Å². The molecule has 0 saturated heterocycles. The molecule has 0 N–H and O–H groups in total. The third-order valence-corrected chi connectivity index (χ3v) is 4.67. The summed E-state index contributed by atoms with van der Waals surface area (Å²) in [6, 6.07) is 21.1. The summed E-state index contributed by atoms with van der Waals surface area (Å²) in [5, 5.41) is 0. The molecular formula is C24H25. The molecule has 0 aliphatic heterocycles. The van der Waals surface area contributed by atoms with Gasteiger partial charge in [0.25, 0.3) is 0 Å². The first-order valence-electron chi connectivity index (χ1n) is 8.60. The number of benzene rings is 3. The second kappa shape index (κ2) is 6.65. The van der Waals surface area contributed by atoms with Crippen molar-refractivity contribution in [2.24, 2.45) is 0 Å². The standard InChI is InChI=1S/C24H25/c1-16-11-17(2)23(18(3)12-16)24-19(4)13-22(14-20(24)5)15-21-9-7-6-8-10-21/h6-13H,15H2,1-5H3. The van der Waals surface area contributed by atoms with Gasteiger partial charge in [-0.15, -0.1) is 0 Å². The molecule has 0 atom stereocenters. The Bertz CT molecular complexity index is 824. The Balaban J connectivity index is 2.06. The van der Waals surface area contributed by atoms with Crippen molar-refractivity contribution >= 4 is 0 Å². The van der Waals surface area contributed by atoms with Crippen molar-refractivity contribution in [2.75, 3.05) is 0 Å². The van der Waals surface area contributed by atoms with E-state index in [0.717, 1.165) is 6.42 Å². The summed E-state index contributed by atoms with van der Waals surface area (Å²) in [6.07, 6.45) is 0.939. The van der Waals surface area contributed by atoms with E-state index >= 15 is 0 Å². The van der Waals surface area contributed by atoms with Gasteiger partial charge in [-0.3, -0.25) is 0 Å². The predicted molar refractivity (Wildman–Crippen MR) is 104 cm³/mol. The Kier molecular flexibility index (Phi) is 4.57. The summed E-state index contributed by atoms with van der Waals surface area (Å²) in [7, 11) is 0. The maximum Gasteiger partial charge on any atom is -0.00194 e. The van der Waals surface area contributed by atoms with E-state index in [9.17, 15) is 0 Å². The van der Waals surface area contributed by atoms with E-state index in [1.54, 1.807) is 0 Å². The van der Waals surface area contributed by atoms with Crippen LogP contribution in [0.4, 0.5) is 0 Å².